The van der Waals surface area contributed by atoms with Gasteiger partial charge < -0.3 is 4.74 Å². The van der Waals surface area contributed by atoms with Crippen LogP contribution in [-0.4, -0.2) is 67.7 Å². The molecule has 0 atom stereocenters. The second-order valence-corrected chi connectivity index (χ2v) is 6.86. The maximum absolute atomic E-state index is 12.9. The first-order valence-electron chi connectivity index (χ1n) is 9.67. The van der Waals surface area contributed by atoms with Gasteiger partial charge in [0.15, 0.2) is 0 Å². The van der Waals surface area contributed by atoms with Gasteiger partial charge in [0.1, 0.15) is 12.2 Å². The highest BCUT2D eigenvalue weighted by molar-refractivity contribution is 5.95. The van der Waals surface area contributed by atoms with Crippen LogP contribution in [0.2, 0.25) is 0 Å². The molecule has 2 amide bonds. The first kappa shape index (κ1) is 20.2. The number of ether oxygens (including phenoxy) is 1. The number of esters is 1. The van der Waals surface area contributed by atoms with E-state index in [0.29, 0.717) is 25.2 Å². The van der Waals surface area contributed by atoms with Crippen molar-refractivity contribution in [2.24, 2.45) is 0 Å². The summed E-state index contributed by atoms with van der Waals surface area (Å²) in [4.78, 5) is 45.4. The largest absolute Gasteiger partial charge is 0.465 e. The fraction of sp³-hybridized carbons (Fsp3) is 0.238. The number of aromatic nitrogens is 4. The van der Waals surface area contributed by atoms with Crippen LogP contribution < -0.4 is 0 Å². The Kier molecular flexibility index (Phi) is 5.69. The van der Waals surface area contributed by atoms with Crippen molar-refractivity contribution < 1.29 is 19.1 Å². The summed E-state index contributed by atoms with van der Waals surface area (Å²) in [6.07, 6.45) is 7.05. The average Bonchev–Trinajstić information content (AvgIpc) is 3.49. The van der Waals surface area contributed by atoms with Crippen molar-refractivity contribution in [2.45, 2.75) is 13.0 Å². The molecule has 0 unspecified atom stereocenters. The second kappa shape index (κ2) is 8.74. The summed E-state index contributed by atoms with van der Waals surface area (Å²) in [5, 5.41) is 7.23. The number of pyridine rings is 2. The van der Waals surface area contributed by atoms with Gasteiger partial charge in [-0.3, -0.25) is 24.2 Å². The Hall–Kier alpha value is -4.08. The van der Waals surface area contributed by atoms with Crippen molar-refractivity contribution in [3.8, 4) is 11.3 Å². The lowest BCUT2D eigenvalue weighted by atomic mass is 10.2. The van der Waals surface area contributed by atoms with Crippen LogP contribution in [0.4, 0.5) is 0 Å². The van der Waals surface area contributed by atoms with Gasteiger partial charge in [-0.15, -0.1) is 0 Å². The third-order valence-corrected chi connectivity index (χ3v) is 4.85. The summed E-state index contributed by atoms with van der Waals surface area (Å²) < 4.78 is 6.17. The molecule has 1 saturated heterocycles. The number of hydrogen-bond acceptors (Lipinski definition) is 7. The number of hydrogen-bond donors (Lipinski definition) is 0. The first-order chi connectivity index (χ1) is 15.1. The van der Waals surface area contributed by atoms with Gasteiger partial charge in [0.05, 0.1) is 18.4 Å². The SMILES string of the molecule is COC(=O)c1ccc(C(=O)N2CCCN2C(=O)Cn2ccc(-c3cccnc3)n2)nc1. The van der Waals surface area contributed by atoms with Gasteiger partial charge in [-0.05, 0) is 36.8 Å². The van der Waals surface area contributed by atoms with Gasteiger partial charge in [-0.2, -0.15) is 5.10 Å². The van der Waals surface area contributed by atoms with Crippen LogP contribution in [0, 0.1) is 0 Å². The molecule has 0 aromatic carbocycles. The molecular weight excluding hydrogens is 400 g/mol. The Labute approximate surface area is 178 Å². The van der Waals surface area contributed by atoms with Gasteiger partial charge in [0.25, 0.3) is 11.8 Å². The van der Waals surface area contributed by atoms with Gasteiger partial charge >= 0.3 is 5.97 Å². The monoisotopic (exact) mass is 420 g/mol. The maximum atomic E-state index is 12.9. The average molecular weight is 420 g/mol. The van der Waals surface area contributed by atoms with E-state index in [0.717, 1.165) is 5.56 Å². The van der Waals surface area contributed by atoms with Crippen LogP contribution in [0.1, 0.15) is 27.3 Å². The normalized spacial score (nSPS) is 13.3. The topological polar surface area (TPSA) is 111 Å². The molecule has 3 aromatic heterocycles. The number of nitrogens with zero attached hydrogens (tertiary/aromatic N) is 6. The molecule has 4 rings (SSSR count). The number of methoxy groups -OCH3 is 1. The van der Waals surface area contributed by atoms with E-state index in [9.17, 15) is 14.4 Å². The van der Waals surface area contributed by atoms with E-state index in [-0.39, 0.29) is 23.7 Å². The van der Waals surface area contributed by atoms with E-state index in [4.69, 9.17) is 0 Å². The second-order valence-electron chi connectivity index (χ2n) is 6.86. The fourth-order valence-electron chi connectivity index (χ4n) is 3.31. The summed E-state index contributed by atoms with van der Waals surface area (Å²) in [5.41, 5.74) is 1.96. The Bertz CT molecular complexity index is 1100. The molecule has 1 aliphatic rings. The molecule has 0 saturated carbocycles. The highest BCUT2D eigenvalue weighted by atomic mass is 16.5. The van der Waals surface area contributed by atoms with Crippen molar-refractivity contribution in [2.75, 3.05) is 20.2 Å². The van der Waals surface area contributed by atoms with Crippen molar-refractivity contribution >= 4 is 17.8 Å². The fourth-order valence-corrected chi connectivity index (χ4v) is 3.31. The van der Waals surface area contributed by atoms with E-state index in [1.807, 2.05) is 18.2 Å². The zero-order chi connectivity index (χ0) is 21.8. The molecule has 31 heavy (non-hydrogen) atoms. The number of hydrazine groups is 1. The van der Waals surface area contributed by atoms with Crippen LogP contribution in [0.3, 0.4) is 0 Å². The number of amides is 2. The quantitative estimate of drug-likeness (QED) is 0.574. The lowest BCUT2D eigenvalue weighted by Gasteiger charge is -2.27. The van der Waals surface area contributed by atoms with Gasteiger partial charge in [-0.25, -0.2) is 14.8 Å². The van der Waals surface area contributed by atoms with E-state index in [2.05, 4.69) is 19.8 Å². The predicted octanol–water partition coefficient (Wildman–Crippen LogP) is 1.42. The minimum Gasteiger partial charge on any atom is -0.465 e. The summed E-state index contributed by atoms with van der Waals surface area (Å²) in [6, 6.07) is 8.44. The molecule has 4 heterocycles. The summed E-state index contributed by atoms with van der Waals surface area (Å²) >= 11 is 0. The standard InChI is InChI=1S/C21H20N6O4/c1-31-21(30)16-5-6-18(23-13-16)20(29)27-10-3-9-26(27)19(28)14-25-11-7-17(24-25)15-4-2-8-22-12-15/h2,4-8,11-13H,3,9-10,14H2,1H3. The summed E-state index contributed by atoms with van der Waals surface area (Å²) in [6.45, 7) is 0.839. The van der Waals surface area contributed by atoms with Crippen molar-refractivity contribution in [1.82, 2.24) is 29.8 Å². The Morgan fingerprint density at radius 3 is 2.61 bits per heavy atom. The Morgan fingerprint density at radius 2 is 1.90 bits per heavy atom. The highest BCUT2D eigenvalue weighted by Gasteiger charge is 2.32. The van der Waals surface area contributed by atoms with Crippen LogP contribution >= 0.6 is 0 Å². The zero-order valence-corrected chi connectivity index (χ0v) is 16.8. The molecule has 10 heteroatoms. The van der Waals surface area contributed by atoms with E-state index in [1.54, 1.807) is 18.6 Å². The third kappa shape index (κ3) is 4.27. The number of rotatable bonds is 5. The van der Waals surface area contributed by atoms with Crippen LogP contribution in [0.15, 0.2) is 55.1 Å². The first-order valence-corrected chi connectivity index (χ1v) is 9.67. The lowest BCUT2D eigenvalue weighted by Crippen LogP contribution is -2.46. The molecule has 0 aliphatic carbocycles. The number of carbonyl (C=O) groups excluding carboxylic acids is 3. The third-order valence-electron chi connectivity index (χ3n) is 4.85. The molecule has 1 fully saturated rings. The maximum Gasteiger partial charge on any atom is 0.339 e. The molecule has 0 radical (unpaired) electrons. The van der Waals surface area contributed by atoms with Crippen molar-refractivity contribution in [3.63, 3.8) is 0 Å². The van der Waals surface area contributed by atoms with Gasteiger partial charge in [0.2, 0.25) is 0 Å². The minimum atomic E-state index is -0.533. The number of carbonyl (C=O) groups is 3. The molecule has 0 spiro atoms. The minimum absolute atomic E-state index is 0.00124. The molecule has 10 nitrogen and oxygen atoms in total. The van der Waals surface area contributed by atoms with E-state index < -0.39 is 11.9 Å². The van der Waals surface area contributed by atoms with Gasteiger partial charge in [0, 0.05) is 43.4 Å². The highest BCUT2D eigenvalue weighted by Crippen LogP contribution is 2.17. The summed E-state index contributed by atoms with van der Waals surface area (Å²) in [7, 11) is 1.27. The molecular formula is C21H20N6O4. The van der Waals surface area contributed by atoms with E-state index >= 15 is 0 Å². The molecule has 0 bridgehead atoms. The smallest absolute Gasteiger partial charge is 0.339 e. The van der Waals surface area contributed by atoms with Crippen LogP contribution in [-0.2, 0) is 16.1 Å². The molecule has 0 N–H and O–H groups in total. The zero-order valence-electron chi connectivity index (χ0n) is 16.8. The Balaban J connectivity index is 1.44. The summed E-state index contributed by atoms with van der Waals surface area (Å²) in [5.74, 6) is -1.19. The molecule has 3 aromatic rings. The lowest BCUT2D eigenvalue weighted by molar-refractivity contribution is -0.141. The Morgan fingerprint density at radius 1 is 1.06 bits per heavy atom. The molecule has 158 valence electrons. The molecule has 1 aliphatic heterocycles. The predicted molar refractivity (Wildman–Crippen MR) is 108 cm³/mol. The van der Waals surface area contributed by atoms with Crippen LogP contribution in [0.5, 0.6) is 0 Å². The van der Waals surface area contributed by atoms with Crippen molar-refractivity contribution in [3.05, 3.63) is 66.4 Å². The van der Waals surface area contributed by atoms with Gasteiger partial charge in [-0.1, -0.05) is 0 Å². The van der Waals surface area contributed by atoms with Crippen LogP contribution in [0.25, 0.3) is 11.3 Å². The van der Waals surface area contributed by atoms with Crippen molar-refractivity contribution in [1.29, 1.82) is 0 Å². The van der Waals surface area contributed by atoms with E-state index in [1.165, 1.54) is 40.1 Å².